The van der Waals surface area contributed by atoms with E-state index in [-0.39, 0.29) is 5.69 Å². The number of nitrogens with zero attached hydrogens (tertiary/aromatic N) is 4. The highest BCUT2D eigenvalue weighted by Crippen LogP contribution is 2.37. The van der Waals surface area contributed by atoms with Gasteiger partial charge in [0.05, 0.1) is 23.8 Å². The van der Waals surface area contributed by atoms with Crippen molar-refractivity contribution in [1.29, 1.82) is 0 Å². The van der Waals surface area contributed by atoms with Crippen molar-refractivity contribution in [3.05, 3.63) is 46.9 Å². The lowest BCUT2D eigenvalue weighted by atomic mass is 10.1. The van der Waals surface area contributed by atoms with Gasteiger partial charge in [-0.1, -0.05) is 0 Å². The summed E-state index contributed by atoms with van der Waals surface area (Å²) in [7, 11) is 1.54. The zero-order valence-corrected chi connectivity index (χ0v) is 11.1. The second kappa shape index (κ2) is 4.75. The number of hydrogen-bond acceptors (Lipinski definition) is 6. The quantitative estimate of drug-likeness (QED) is 0.581. The molecule has 21 heavy (non-hydrogen) atoms. The number of anilines is 1. The third-order valence-corrected chi connectivity index (χ3v) is 3.15. The van der Waals surface area contributed by atoms with Gasteiger partial charge >= 0.3 is 0 Å². The predicted octanol–water partition coefficient (Wildman–Crippen LogP) is 1.90. The summed E-state index contributed by atoms with van der Waals surface area (Å²) in [4.78, 5) is 14.2. The highest BCUT2D eigenvalue weighted by atomic mass is 16.6. The van der Waals surface area contributed by atoms with E-state index in [2.05, 4.69) is 10.1 Å². The number of hydrogen-bond donors (Lipinski definition) is 1. The zero-order chi connectivity index (χ0) is 15.0. The molecule has 0 aliphatic rings. The van der Waals surface area contributed by atoms with E-state index in [1.165, 1.54) is 25.6 Å². The molecule has 0 aliphatic heterocycles. The molecule has 0 radical (unpaired) electrons. The van der Waals surface area contributed by atoms with Gasteiger partial charge in [-0.2, -0.15) is 5.10 Å². The minimum Gasteiger partial charge on any atom is -0.494 e. The van der Waals surface area contributed by atoms with E-state index in [1.54, 1.807) is 22.8 Å². The summed E-state index contributed by atoms with van der Waals surface area (Å²) in [5.74, 6) is 0.873. The van der Waals surface area contributed by atoms with Crippen LogP contribution in [0.2, 0.25) is 0 Å². The van der Waals surface area contributed by atoms with Crippen LogP contribution in [0.15, 0.2) is 36.8 Å². The van der Waals surface area contributed by atoms with Crippen LogP contribution in [-0.4, -0.2) is 26.6 Å². The minimum absolute atomic E-state index is 0.0189. The van der Waals surface area contributed by atoms with Crippen LogP contribution in [0.1, 0.15) is 0 Å². The summed E-state index contributed by atoms with van der Waals surface area (Å²) in [5, 5.41) is 14.8. The van der Waals surface area contributed by atoms with Gasteiger partial charge in [-0.05, 0) is 17.7 Å². The molecular formula is C13H11N5O3. The Balaban J connectivity index is 2.25. The number of nitro benzene ring substituents is 1. The smallest absolute Gasteiger partial charge is 0.269 e. The second-order valence-corrected chi connectivity index (χ2v) is 4.31. The lowest BCUT2D eigenvalue weighted by Crippen LogP contribution is -1.98. The Morgan fingerprint density at radius 2 is 2.05 bits per heavy atom. The van der Waals surface area contributed by atoms with Crippen LogP contribution in [0.3, 0.4) is 0 Å². The van der Waals surface area contributed by atoms with E-state index >= 15 is 0 Å². The van der Waals surface area contributed by atoms with Gasteiger partial charge in [0.2, 0.25) is 0 Å². The molecular weight excluding hydrogens is 274 g/mol. The summed E-state index contributed by atoms with van der Waals surface area (Å²) in [6.07, 6.45) is 3.03. The zero-order valence-electron chi connectivity index (χ0n) is 11.1. The Morgan fingerprint density at radius 3 is 2.67 bits per heavy atom. The van der Waals surface area contributed by atoms with Gasteiger partial charge in [-0.15, -0.1) is 0 Å². The Morgan fingerprint density at radius 1 is 1.33 bits per heavy atom. The Bertz CT molecular complexity index is 826. The minimum atomic E-state index is -0.448. The summed E-state index contributed by atoms with van der Waals surface area (Å²) < 4.78 is 6.91. The molecule has 2 N–H and O–H groups in total. The number of rotatable bonds is 3. The highest BCUT2D eigenvalue weighted by molar-refractivity contribution is 5.92. The third kappa shape index (κ3) is 2.02. The fourth-order valence-electron chi connectivity index (χ4n) is 2.20. The summed E-state index contributed by atoms with van der Waals surface area (Å²) in [6.45, 7) is 0. The predicted molar refractivity (Wildman–Crippen MR) is 76.0 cm³/mol. The van der Waals surface area contributed by atoms with Crippen LogP contribution >= 0.6 is 0 Å². The standard InChI is InChI=1S/C13H11N5O3/c1-21-10-6-17-12(13(14)15-7-16-17)11(10)8-2-4-9(5-3-8)18(19)20/h2-7H,1H3,(H2,14,15,16). The summed E-state index contributed by atoms with van der Waals surface area (Å²) in [5.41, 5.74) is 7.96. The van der Waals surface area contributed by atoms with Gasteiger partial charge in [0.15, 0.2) is 5.82 Å². The Hall–Kier alpha value is -3.16. The first kappa shape index (κ1) is 12.9. The van der Waals surface area contributed by atoms with E-state index in [9.17, 15) is 10.1 Å². The lowest BCUT2D eigenvalue weighted by molar-refractivity contribution is -0.384. The molecule has 0 bridgehead atoms. The van der Waals surface area contributed by atoms with Gasteiger partial charge in [0, 0.05) is 12.1 Å². The number of aromatic nitrogens is 3. The number of nitrogen functional groups attached to an aromatic ring is 1. The number of fused-ring (bicyclic) bond motifs is 1. The normalized spacial score (nSPS) is 10.7. The lowest BCUT2D eigenvalue weighted by Gasteiger charge is -2.04. The van der Waals surface area contributed by atoms with E-state index in [1.807, 2.05) is 0 Å². The topological polar surface area (TPSA) is 109 Å². The molecule has 1 aromatic carbocycles. The number of ether oxygens (including phenoxy) is 1. The molecule has 0 saturated heterocycles. The molecule has 0 fully saturated rings. The maximum absolute atomic E-state index is 10.7. The van der Waals surface area contributed by atoms with Crippen molar-refractivity contribution >= 4 is 17.0 Å². The van der Waals surface area contributed by atoms with Crippen LogP contribution in [0.25, 0.3) is 16.6 Å². The number of methoxy groups -OCH3 is 1. The van der Waals surface area contributed by atoms with E-state index in [4.69, 9.17) is 10.5 Å². The third-order valence-electron chi connectivity index (χ3n) is 3.15. The largest absolute Gasteiger partial charge is 0.494 e. The number of non-ortho nitro benzene ring substituents is 1. The van der Waals surface area contributed by atoms with Gasteiger partial charge in [-0.25, -0.2) is 9.50 Å². The van der Waals surface area contributed by atoms with Gasteiger partial charge in [-0.3, -0.25) is 10.1 Å². The Labute approximate surface area is 118 Å². The Kier molecular flexibility index (Phi) is 2.90. The van der Waals surface area contributed by atoms with Crippen molar-refractivity contribution in [3.63, 3.8) is 0 Å². The molecule has 0 amide bonds. The summed E-state index contributed by atoms with van der Waals surface area (Å²) >= 11 is 0. The van der Waals surface area contributed by atoms with Crippen molar-refractivity contribution in [1.82, 2.24) is 14.6 Å². The van der Waals surface area contributed by atoms with E-state index in [0.29, 0.717) is 22.6 Å². The first-order valence-corrected chi connectivity index (χ1v) is 6.02. The van der Waals surface area contributed by atoms with Crippen molar-refractivity contribution in [3.8, 4) is 16.9 Å². The first-order valence-electron chi connectivity index (χ1n) is 6.02. The van der Waals surface area contributed by atoms with Crippen LogP contribution in [0.5, 0.6) is 5.75 Å². The molecule has 8 nitrogen and oxygen atoms in total. The van der Waals surface area contributed by atoms with Gasteiger partial charge < -0.3 is 10.5 Å². The van der Waals surface area contributed by atoms with E-state index < -0.39 is 4.92 Å². The fraction of sp³-hybridized carbons (Fsp3) is 0.0769. The van der Waals surface area contributed by atoms with Crippen LogP contribution in [0.4, 0.5) is 11.5 Å². The average Bonchev–Trinajstić information content (AvgIpc) is 2.87. The summed E-state index contributed by atoms with van der Waals surface area (Å²) in [6, 6.07) is 6.14. The SMILES string of the molecule is COc1cn2ncnc(N)c2c1-c1ccc([N+](=O)[O-])cc1. The molecule has 8 heteroatoms. The average molecular weight is 285 g/mol. The second-order valence-electron chi connectivity index (χ2n) is 4.31. The van der Waals surface area contributed by atoms with Crippen molar-refractivity contribution < 1.29 is 9.66 Å². The fourth-order valence-corrected chi connectivity index (χ4v) is 2.20. The first-order chi connectivity index (χ1) is 10.1. The molecule has 0 unspecified atom stereocenters. The van der Waals surface area contributed by atoms with Crippen molar-refractivity contribution in [2.24, 2.45) is 0 Å². The molecule has 0 aliphatic carbocycles. The maximum atomic E-state index is 10.7. The number of nitrogens with two attached hydrogens (primary N) is 1. The maximum Gasteiger partial charge on any atom is 0.269 e. The molecule has 3 rings (SSSR count). The van der Waals surface area contributed by atoms with Crippen molar-refractivity contribution in [2.75, 3.05) is 12.8 Å². The van der Waals surface area contributed by atoms with Gasteiger partial charge in [0.25, 0.3) is 5.69 Å². The molecule has 0 atom stereocenters. The van der Waals surface area contributed by atoms with Crippen LogP contribution in [-0.2, 0) is 0 Å². The molecule has 2 aromatic heterocycles. The van der Waals surface area contributed by atoms with Crippen LogP contribution < -0.4 is 10.5 Å². The number of nitro groups is 1. The highest BCUT2D eigenvalue weighted by Gasteiger charge is 2.18. The molecule has 2 heterocycles. The molecule has 106 valence electrons. The molecule has 0 spiro atoms. The molecule has 0 saturated carbocycles. The van der Waals surface area contributed by atoms with Crippen molar-refractivity contribution in [2.45, 2.75) is 0 Å². The van der Waals surface area contributed by atoms with Gasteiger partial charge in [0.1, 0.15) is 17.6 Å². The number of benzene rings is 1. The molecule has 3 aromatic rings. The van der Waals surface area contributed by atoms with Crippen LogP contribution in [0, 0.1) is 10.1 Å². The monoisotopic (exact) mass is 285 g/mol. The van der Waals surface area contributed by atoms with E-state index in [0.717, 1.165) is 5.56 Å².